The maximum Gasteiger partial charge on any atom is 0.335 e. The highest BCUT2D eigenvalue weighted by atomic mass is 16.4. The number of allylic oxidation sites excluding steroid dienone is 2. The molecule has 0 saturated heterocycles. The van der Waals surface area contributed by atoms with Crippen LogP contribution < -0.4 is 0 Å². The first-order chi connectivity index (χ1) is 6.25. The summed E-state index contributed by atoms with van der Waals surface area (Å²) < 4.78 is 0. The second-order valence-corrected chi connectivity index (χ2v) is 3.33. The summed E-state index contributed by atoms with van der Waals surface area (Å²) in [5, 5.41) is 8.90. The number of carbonyl (C=O) groups is 1. The van der Waals surface area contributed by atoms with Gasteiger partial charge in [0.2, 0.25) is 0 Å². The highest BCUT2D eigenvalue weighted by Gasteiger charge is 2.14. The number of carboxylic acid groups (broad SMARTS) is 1. The van der Waals surface area contributed by atoms with Crippen molar-refractivity contribution in [1.82, 2.24) is 0 Å². The van der Waals surface area contributed by atoms with Crippen molar-refractivity contribution in [2.24, 2.45) is 0 Å². The molecule has 13 heavy (non-hydrogen) atoms. The minimum absolute atomic E-state index is 0.528. The van der Waals surface area contributed by atoms with E-state index in [2.05, 4.69) is 13.0 Å². The number of unbranched alkanes of at least 4 members (excludes halogenated alkanes) is 1. The molecule has 0 spiro atoms. The van der Waals surface area contributed by atoms with Crippen LogP contribution in [0.2, 0.25) is 0 Å². The summed E-state index contributed by atoms with van der Waals surface area (Å²) in [6.45, 7) is 2.12. The van der Waals surface area contributed by atoms with Gasteiger partial charge in [-0.05, 0) is 31.3 Å². The van der Waals surface area contributed by atoms with Gasteiger partial charge >= 0.3 is 5.97 Å². The van der Waals surface area contributed by atoms with Gasteiger partial charge in [-0.1, -0.05) is 25.5 Å². The monoisotopic (exact) mass is 180 g/mol. The van der Waals surface area contributed by atoms with Crippen molar-refractivity contribution in [1.29, 1.82) is 0 Å². The number of carboxylic acids is 1. The van der Waals surface area contributed by atoms with Crippen LogP contribution in [0, 0.1) is 0 Å². The van der Waals surface area contributed by atoms with Gasteiger partial charge in [0.25, 0.3) is 0 Å². The molecule has 1 N–H and O–H groups in total. The van der Waals surface area contributed by atoms with Gasteiger partial charge in [0.15, 0.2) is 0 Å². The molecule has 0 heterocycles. The predicted molar refractivity (Wildman–Crippen MR) is 52.6 cm³/mol. The molecule has 72 valence electrons. The molecule has 0 saturated carbocycles. The van der Waals surface area contributed by atoms with E-state index in [1.165, 1.54) is 0 Å². The molecule has 2 nitrogen and oxygen atoms in total. The first-order valence-corrected chi connectivity index (χ1v) is 4.88. The largest absolute Gasteiger partial charge is 0.478 e. The van der Waals surface area contributed by atoms with E-state index < -0.39 is 5.97 Å². The lowest BCUT2D eigenvalue weighted by molar-refractivity contribution is -0.132. The highest BCUT2D eigenvalue weighted by molar-refractivity contribution is 5.92. The van der Waals surface area contributed by atoms with Gasteiger partial charge in [-0.15, -0.1) is 0 Å². The lowest BCUT2D eigenvalue weighted by atomic mass is 9.94. The van der Waals surface area contributed by atoms with Gasteiger partial charge in [0, 0.05) is 0 Å². The Bertz CT molecular complexity index is 249. The number of hydrogen-bond acceptors (Lipinski definition) is 1. The Balaban J connectivity index is 2.64. The van der Waals surface area contributed by atoms with Gasteiger partial charge in [-0.25, -0.2) is 4.79 Å². The normalized spacial score (nSPS) is 16.4. The first-order valence-electron chi connectivity index (χ1n) is 4.88. The van der Waals surface area contributed by atoms with Crippen LogP contribution in [0.1, 0.15) is 39.0 Å². The molecule has 0 amide bonds. The van der Waals surface area contributed by atoms with Crippen LogP contribution in [0.4, 0.5) is 0 Å². The van der Waals surface area contributed by atoms with E-state index in [1.807, 2.05) is 6.08 Å². The third-order valence-corrected chi connectivity index (χ3v) is 2.28. The first kappa shape index (κ1) is 10.0. The minimum Gasteiger partial charge on any atom is -0.478 e. The standard InChI is InChI=1S/C11H16O2/c1-2-3-6-9-7-4-5-8-10(9)11(12)13/h7-8H,2-6H2,1H3,(H,12,13). The predicted octanol–water partition coefficient (Wildman–Crippen LogP) is 2.91. The summed E-state index contributed by atoms with van der Waals surface area (Å²) in [6.07, 6.45) is 8.88. The summed E-state index contributed by atoms with van der Waals surface area (Å²) in [5.41, 5.74) is 1.56. The van der Waals surface area contributed by atoms with Crippen LogP contribution in [0.25, 0.3) is 0 Å². The lowest BCUT2D eigenvalue weighted by Crippen LogP contribution is -2.06. The van der Waals surface area contributed by atoms with Gasteiger partial charge in [0.05, 0.1) is 5.57 Å². The van der Waals surface area contributed by atoms with E-state index >= 15 is 0 Å². The van der Waals surface area contributed by atoms with E-state index in [9.17, 15) is 4.79 Å². The Morgan fingerprint density at radius 2 is 2.15 bits per heavy atom. The van der Waals surface area contributed by atoms with Gasteiger partial charge in [0.1, 0.15) is 0 Å². The quantitative estimate of drug-likeness (QED) is 0.722. The minimum atomic E-state index is -0.776. The molecule has 0 bridgehead atoms. The van der Waals surface area contributed by atoms with Crippen molar-refractivity contribution >= 4 is 5.97 Å². The second-order valence-electron chi connectivity index (χ2n) is 3.33. The highest BCUT2D eigenvalue weighted by Crippen LogP contribution is 2.23. The van der Waals surface area contributed by atoms with Crippen molar-refractivity contribution in [3.05, 3.63) is 23.3 Å². The Labute approximate surface area is 79.0 Å². The number of rotatable bonds is 4. The molecule has 0 aromatic carbocycles. The average Bonchev–Trinajstić information content (AvgIpc) is 2.15. The molecule has 0 aromatic heterocycles. The summed E-state index contributed by atoms with van der Waals surface area (Å²) in [4.78, 5) is 10.8. The van der Waals surface area contributed by atoms with Crippen LogP contribution in [0.3, 0.4) is 0 Å². The molecule has 2 heteroatoms. The number of hydrogen-bond donors (Lipinski definition) is 1. The van der Waals surface area contributed by atoms with E-state index in [0.717, 1.165) is 37.7 Å². The molecule has 0 atom stereocenters. The average molecular weight is 180 g/mol. The molecular formula is C11H16O2. The maximum absolute atomic E-state index is 10.8. The molecule has 1 aliphatic rings. The zero-order valence-corrected chi connectivity index (χ0v) is 8.05. The van der Waals surface area contributed by atoms with E-state index in [1.54, 1.807) is 0 Å². The summed E-state index contributed by atoms with van der Waals surface area (Å²) in [7, 11) is 0. The van der Waals surface area contributed by atoms with E-state index in [4.69, 9.17) is 5.11 Å². The van der Waals surface area contributed by atoms with Crippen molar-refractivity contribution in [2.45, 2.75) is 39.0 Å². The van der Waals surface area contributed by atoms with Crippen molar-refractivity contribution in [2.75, 3.05) is 0 Å². The van der Waals surface area contributed by atoms with Crippen molar-refractivity contribution in [3.63, 3.8) is 0 Å². The summed E-state index contributed by atoms with van der Waals surface area (Å²) >= 11 is 0. The Morgan fingerprint density at radius 1 is 1.46 bits per heavy atom. The molecule has 0 fully saturated rings. The van der Waals surface area contributed by atoms with Crippen LogP contribution in [-0.2, 0) is 4.79 Å². The molecule has 0 aliphatic heterocycles. The van der Waals surface area contributed by atoms with Crippen LogP contribution in [0.5, 0.6) is 0 Å². The fraction of sp³-hybridized carbons (Fsp3) is 0.545. The van der Waals surface area contributed by atoms with Crippen LogP contribution in [-0.4, -0.2) is 11.1 Å². The summed E-state index contributed by atoms with van der Waals surface area (Å²) in [6, 6.07) is 0. The topological polar surface area (TPSA) is 37.3 Å². The van der Waals surface area contributed by atoms with E-state index in [0.29, 0.717) is 5.57 Å². The number of aliphatic carboxylic acids is 1. The molecular weight excluding hydrogens is 164 g/mol. The van der Waals surface area contributed by atoms with Crippen molar-refractivity contribution < 1.29 is 9.90 Å². The zero-order valence-electron chi connectivity index (χ0n) is 8.05. The molecule has 0 unspecified atom stereocenters. The molecule has 0 radical (unpaired) electrons. The molecule has 0 aromatic rings. The van der Waals surface area contributed by atoms with Crippen LogP contribution >= 0.6 is 0 Å². The third kappa shape index (κ3) is 2.72. The fourth-order valence-electron chi connectivity index (χ4n) is 1.55. The van der Waals surface area contributed by atoms with E-state index in [-0.39, 0.29) is 0 Å². The van der Waals surface area contributed by atoms with Gasteiger partial charge in [-0.3, -0.25) is 0 Å². The Kier molecular flexibility index (Phi) is 3.74. The van der Waals surface area contributed by atoms with Gasteiger partial charge in [-0.2, -0.15) is 0 Å². The molecule has 1 aliphatic carbocycles. The van der Waals surface area contributed by atoms with Crippen LogP contribution in [0.15, 0.2) is 23.3 Å². The third-order valence-electron chi connectivity index (χ3n) is 2.28. The molecule has 1 rings (SSSR count). The smallest absolute Gasteiger partial charge is 0.335 e. The second kappa shape index (κ2) is 4.85. The van der Waals surface area contributed by atoms with Crippen molar-refractivity contribution in [3.8, 4) is 0 Å². The SMILES string of the molecule is CCCCC1=CCCC=C1C(=O)O. The zero-order chi connectivity index (χ0) is 9.68. The maximum atomic E-state index is 10.8. The lowest BCUT2D eigenvalue weighted by Gasteiger charge is -2.12. The Morgan fingerprint density at radius 3 is 2.77 bits per heavy atom. The summed E-state index contributed by atoms with van der Waals surface area (Å²) in [5.74, 6) is -0.776. The fourth-order valence-corrected chi connectivity index (χ4v) is 1.55. The Hall–Kier alpha value is -1.05. The van der Waals surface area contributed by atoms with Gasteiger partial charge < -0.3 is 5.11 Å².